The SMILES string of the molecule is COc1cc2c(cc1OC)C(=O)C(C(O)(O)C1CCN(C(O)(O)c3ccccc3)CC1)C2. The zero-order valence-electron chi connectivity index (χ0n) is 18.2. The molecule has 8 nitrogen and oxygen atoms in total. The van der Waals surface area contributed by atoms with Gasteiger partial charge in [-0.2, -0.15) is 0 Å². The maximum Gasteiger partial charge on any atom is 0.253 e. The van der Waals surface area contributed by atoms with E-state index in [-0.39, 0.29) is 25.3 Å². The van der Waals surface area contributed by atoms with E-state index in [4.69, 9.17) is 9.47 Å². The standard InChI is InChI=1S/C24H29NO7/c1-31-20-13-15-12-19(22(26)18(15)14-21(20)32-2)23(27,28)16-8-10-25(11-9-16)24(29,30)17-6-4-3-5-7-17/h3-7,13-14,16,19,27-30H,8-12H2,1-2H3. The minimum atomic E-state index is -2.22. The van der Waals surface area contributed by atoms with E-state index in [2.05, 4.69) is 0 Å². The molecule has 4 N–H and O–H groups in total. The molecule has 32 heavy (non-hydrogen) atoms. The molecule has 1 atom stereocenters. The number of fused-ring (bicyclic) bond motifs is 1. The van der Waals surface area contributed by atoms with Crippen molar-refractivity contribution >= 4 is 5.78 Å². The van der Waals surface area contributed by atoms with E-state index in [1.165, 1.54) is 19.1 Å². The lowest BCUT2D eigenvalue weighted by molar-refractivity contribution is -0.293. The minimum Gasteiger partial charge on any atom is -0.493 e. The van der Waals surface area contributed by atoms with Crippen LogP contribution in [-0.2, 0) is 12.3 Å². The summed E-state index contributed by atoms with van der Waals surface area (Å²) in [7, 11) is 2.99. The van der Waals surface area contributed by atoms with Crippen molar-refractivity contribution < 1.29 is 34.7 Å². The van der Waals surface area contributed by atoms with Gasteiger partial charge in [0.2, 0.25) is 0 Å². The second kappa shape index (κ2) is 8.46. The minimum absolute atomic E-state index is 0.190. The first-order valence-electron chi connectivity index (χ1n) is 10.7. The van der Waals surface area contributed by atoms with Crippen LogP contribution in [-0.4, -0.2) is 64.2 Å². The summed E-state index contributed by atoms with van der Waals surface area (Å²) in [5.74, 6) is -5.40. The average Bonchev–Trinajstić information content (AvgIpc) is 3.14. The molecule has 2 aromatic rings. The van der Waals surface area contributed by atoms with E-state index < -0.39 is 23.5 Å². The van der Waals surface area contributed by atoms with Crippen LogP contribution in [0.5, 0.6) is 11.5 Å². The Hall–Kier alpha value is -2.49. The number of ether oxygens (including phenoxy) is 2. The van der Waals surface area contributed by atoms with Crippen LogP contribution in [0.4, 0.5) is 0 Å². The van der Waals surface area contributed by atoms with Crippen molar-refractivity contribution in [1.82, 2.24) is 4.90 Å². The largest absolute Gasteiger partial charge is 0.493 e. The Morgan fingerprint density at radius 3 is 2.12 bits per heavy atom. The summed E-state index contributed by atoms with van der Waals surface area (Å²) >= 11 is 0. The number of hydrogen-bond acceptors (Lipinski definition) is 8. The fourth-order valence-corrected chi connectivity index (χ4v) is 4.91. The van der Waals surface area contributed by atoms with Gasteiger partial charge in [-0.1, -0.05) is 30.3 Å². The highest BCUT2D eigenvalue weighted by atomic mass is 16.5. The molecular weight excluding hydrogens is 414 g/mol. The van der Waals surface area contributed by atoms with Crippen LogP contribution in [0.25, 0.3) is 0 Å². The number of likely N-dealkylation sites (tertiary alicyclic amines) is 1. The van der Waals surface area contributed by atoms with Crippen molar-refractivity contribution in [2.24, 2.45) is 11.8 Å². The Balaban J connectivity index is 1.48. The summed E-state index contributed by atoms with van der Waals surface area (Å²) in [5, 5.41) is 43.4. The molecule has 1 heterocycles. The molecule has 1 unspecified atom stereocenters. The van der Waals surface area contributed by atoms with Gasteiger partial charge < -0.3 is 29.9 Å². The lowest BCUT2D eigenvalue weighted by Crippen LogP contribution is -2.55. The molecule has 0 bridgehead atoms. The summed E-state index contributed by atoms with van der Waals surface area (Å²) in [4.78, 5) is 14.6. The number of Topliss-reactive ketones (excluding diaryl/α,β-unsaturated/α-hetero) is 1. The summed E-state index contributed by atoms with van der Waals surface area (Å²) in [5.41, 5.74) is 1.45. The molecular formula is C24H29NO7. The number of rotatable bonds is 6. The Morgan fingerprint density at radius 2 is 1.53 bits per heavy atom. The van der Waals surface area contributed by atoms with Gasteiger partial charge in [-0.3, -0.25) is 4.79 Å². The number of carbonyl (C=O) groups is 1. The third kappa shape index (κ3) is 3.78. The van der Waals surface area contributed by atoms with Crippen LogP contribution in [0.15, 0.2) is 42.5 Å². The molecule has 1 fully saturated rings. The number of carbonyl (C=O) groups excluding carboxylic acids is 1. The highest BCUT2D eigenvalue weighted by Crippen LogP contribution is 2.43. The van der Waals surface area contributed by atoms with E-state index in [1.54, 1.807) is 42.5 Å². The molecule has 4 rings (SSSR count). The first-order valence-corrected chi connectivity index (χ1v) is 10.7. The molecule has 0 aromatic heterocycles. The smallest absolute Gasteiger partial charge is 0.253 e. The van der Waals surface area contributed by atoms with Crippen molar-refractivity contribution in [3.05, 3.63) is 59.2 Å². The Bertz CT molecular complexity index is 981. The Morgan fingerprint density at radius 1 is 0.938 bits per heavy atom. The van der Waals surface area contributed by atoms with Crippen LogP contribution < -0.4 is 9.47 Å². The van der Waals surface area contributed by atoms with Crippen molar-refractivity contribution in [2.45, 2.75) is 31.0 Å². The lowest BCUT2D eigenvalue weighted by atomic mass is 9.79. The normalized spacial score (nSPS) is 20.3. The van der Waals surface area contributed by atoms with E-state index in [0.29, 0.717) is 41.0 Å². The molecule has 0 radical (unpaired) electrons. The molecule has 2 aliphatic rings. The van der Waals surface area contributed by atoms with E-state index >= 15 is 0 Å². The Kier molecular flexibility index (Phi) is 6.00. The van der Waals surface area contributed by atoms with Crippen molar-refractivity contribution in [2.75, 3.05) is 27.3 Å². The molecule has 8 heteroatoms. The summed E-state index contributed by atoms with van der Waals surface area (Å²) in [6, 6.07) is 11.8. The van der Waals surface area contributed by atoms with Crippen molar-refractivity contribution in [3.63, 3.8) is 0 Å². The fraction of sp³-hybridized carbons (Fsp3) is 0.458. The van der Waals surface area contributed by atoms with Crippen LogP contribution in [0, 0.1) is 11.8 Å². The zero-order chi connectivity index (χ0) is 23.1. The van der Waals surface area contributed by atoms with Gasteiger partial charge >= 0.3 is 0 Å². The third-order valence-corrected chi connectivity index (χ3v) is 6.83. The monoisotopic (exact) mass is 443 g/mol. The van der Waals surface area contributed by atoms with Gasteiger partial charge in [0.05, 0.1) is 20.1 Å². The third-order valence-electron chi connectivity index (χ3n) is 6.83. The topological polar surface area (TPSA) is 120 Å². The number of hydrogen-bond donors (Lipinski definition) is 4. The average molecular weight is 443 g/mol. The molecule has 172 valence electrons. The van der Waals surface area contributed by atoms with Gasteiger partial charge in [-0.05, 0) is 37.0 Å². The van der Waals surface area contributed by atoms with Crippen LogP contribution in [0.1, 0.15) is 34.3 Å². The van der Waals surface area contributed by atoms with E-state index in [9.17, 15) is 25.2 Å². The lowest BCUT2D eigenvalue weighted by Gasteiger charge is -2.44. The van der Waals surface area contributed by atoms with Crippen molar-refractivity contribution in [3.8, 4) is 11.5 Å². The molecule has 1 saturated heterocycles. The van der Waals surface area contributed by atoms with Gasteiger partial charge in [0.25, 0.3) is 5.91 Å². The summed E-state index contributed by atoms with van der Waals surface area (Å²) in [6.45, 7) is 0.482. The highest BCUT2D eigenvalue weighted by molar-refractivity contribution is 6.03. The first kappa shape index (κ1) is 22.7. The Labute approximate surface area is 186 Å². The molecule has 0 amide bonds. The van der Waals surface area contributed by atoms with Gasteiger partial charge in [0, 0.05) is 30.1 Å². The predicted octanol–water partition coefficient (Wildman–Crippen LogP) is 1.25. The molecule has 1 aliphatic carbocycles. The molecule has 0 spiro atoms. The molecule has 2 aromatic carbocycles. The predicted molar refractivity (Wildman–Crippen MR) is 115 cm³/mol. The maximum absolute atomic E-state index is 13.1. The number of nitrogens with zero attached hydrogens (tertiary/aromatic N) is 1. The molecule has 0 saturated carbocycles. The second-order valence-corrected chi connectivity index (χ2v) is 8.53. The van der Waals surface area contributed by atoms with Gasteiger partial charge in [-0.15, -0.1) is 0 Å². The highest BCUT2D eigenvalue weighted by Gasteiger charge is 2.51. The maximum atomic E-state index is 13.1. The van der Waals surface area contributed by atoms with Crippen molar-refractivity contribution in [1.29, 1.82) is 0 Å². The van der Waals surface area contributed by atoms with Crippen LogP contribution >= 0.6 is 0 Å². The summed E-state index contributed by atoms with van der Waals surface area (Å²) in [6.07, 6.45) is 0.792. The van der Waals surface area contributed by atoms with Gasteiger partial charge in [0.1, 0.15) is 0 Å². The van der Waals surface area contributed by atoms with Gasteiger partial charge in [-0.25, -0.2) is 4.90 Å². The number of piperidine rings is 1. The molecule has 1 aliphatic heterocycles. The zero-order valence-corrected chi connectivity index (χ0v) is 18.2. The van der Waals surface area contributed by atoms with E-state index in [1.807, 2.05) is 0 Å². The second-order valence-electron chi connectivity index (χ2n) is 8.53. The first-order chi connectivity index (χ1) is 15.2. The number of methoxy groups -OCH3 is 2. The summed E-state index contributed by atoms with van der Waals surface area (Å²) < 4.78 is 10.6. The number of aliphatic hydroxyl groups is 4. The van der Waals surface area contributed by atoms with E-state index in [0.717, 1.165) is 0 Å². The van der Waals surface area contributed by atoms with Crippen LogP contribution in [0.3, 0.4) is 0 Å². The van der Waals surface area contributed by atoms with Crippen LogP contribution in [0.2, 0.25) is 0 Å². The van der Waals surface area contributed by atoms with Gasteiger partial charge in [0.15, 0.2) is 23.1 Å². The quantitative estimate of drug-likeness (QED) is 0.493. The fourth-order valence-electron chi connectivity index (χ4n) is 4.91. The number of benzene rings is 2. The number of ketones is 1.